The zero-order chi connectivity index (χ0) is 23.9. The van der Waals surface area contributed by atoms with Crippen LogP contribution in [0.1, 0.15) is 26.4 Å². The van der Waals surface area contributed by atoms with Crippen molar-refractivity contribution >= 4 is 23.3 Å². The number of amides is 2. The number of primary amides is 1. The summed E-state index contributed by atoms with van der Waals surface area (Å²) >= 11 is 0. The number of hydrogen-bond acceptors (Lipinski definition) is 6. The van der Waals surface area contributed by atoms with Gasteiger partial charge in [-0.3, -0.25) is 14.6 Å². The molecule has 2 aromatic carbocycles. The number of nitrogens with zero attached hydrogens (tertiary/aromatic N) is 2. The van der Waals surface area contributed by atoms with Crippen molar-refractivity contribution in [1.82, 2.24) is 15.3 Å². The standard InChI is InChI=1S/C25H20FN5O3/c26-20-13-17(8-9-22(20)34-18-10-12-28-21(14-18)23(27)32)31-24-19(7-4-11-29-24)25(33)30-15-16-5-2-1-3-6-16/h1-14H,15H2,(H2,27,32)(H,29,31)(H,30,33). The molecular weight excluding hydrogens is 437 g/mol. The molecule has 0 spiro atoms. The third kappa shape index (κ3) is 5.52. The Hall–Kier alpha value is -4.79. The van der Waals surface area contributed by atoms with E-state index in [0.717, 1.165) is 5.56 Å². The summed E-state index contributed by atoms with van der Waals surface area (Å²) in [6.07, 6.45) is 2.87. The van der Waals surface area contributed by atoms with Crippen molar-refractivity contribution in [2.75, 3.05) is 5.32 Å². The first-order valence-electron chi connectivity index (χ1n) is 10.3. The summed E-state index contributed by atoms with van der Waals surface area (Å²) in [5.74, 6) is -1.26. The predicted octanol–water partition coefficient (Wildman–Crippen LogP) is 4.18. The minimum atomic E-state index is -0.718. The first-order chi connectivity index (χ1) is 16.5. The molecule has 0 aliphatic rings. The summed E-state index contributed by atoms with van der Waals surface area (Å²) in [7, 11) is 0. The van der Waals surface area contributed by atoms with Crippen molar-refractivity contribution in [3.05, 3.63) is 108 Å². The Morgan fingerprint density at radius 1 is 0.941 bits per heavy atom. The maximum absolute atomic E-state index is 14.7. The van der Waals surface area contributed by atoms with Crippen LogP contribution in [-0.4, -0.2) is 21.8 Å². The molecule has 2 heterocycles. The molecule has 9 heteroatoms. The average Bonchev–Trinajstić information content (AvgIpc) is 2.85. The van der Waals surface area contributed by atoms with Crippen molar-refractivity contribution in [1.29, 1.82) is 0 Å². The minimum Gasteiger partial charge on any atom is -0.454 e. The lowest BCUT2D eigenvalue weighted by molar-refractivity contribution is 0.0950. The van der Waals surface area contributed by atoms with Crippen LogP contribution in [-0.2, 0) is 6.54 Å². The molecule has 4 N–H and O–H groups in total. The van der Waals surface area contributed by atoms with Gasteiger partial charge >= 0.3 is 0 Å². The van der Waals surface area contributed by atoms with Crippen LogP contribution in [0.2, 0.25) is 0 Å². The summed E-state index contributed by atoms with van der Waals surface area (Å²) in [6, 6.07) is 19.8. The highest BCUT2D eigenvalue weighted by Crippen LogP contribution is 2.28. The molecule has 0 unspecified atom stereocenters. The molecule has 0 saturated carbocycles. The fraction of sp³-hybridized carbons (Fsp3) is 0.0400. The van der Waals surface area contributed by atoms with Gasteiger partial charge in [-0.1, -0.05) is 30.3 Å². The summed E-state index contributed by atoms with van der Waals surface area (Å²) in [6.45, 7) is 0.362. The molecule has 34 heavy (non-hydrogen) atoms. The maximum atomic E-state index is 14.7. The Kier molecular flexibility index (Phi) is 6.73. The number of nitrogens with two attached hydrogens (primary N) is 1. The Morgan fingerprint density at radius 2 is 1.76 bits per heavy atom. The normalized spacial score (nSPS) is 10.4. The van der Waals surface area contributed by atoms with E-state index in [1.54, 1.807) is 18.2 Å². The highest BCUT2D eigenvalue weighted by molar-refractivity contribution is 5.99. The van der Waals surface area contributed by atoms with E-state index in [9.17, 15) is 14.0 Å². The lowest BCUT2D eigenvalue weighted by Crippen LogP contribution is -2.24. The molecule has 0 bridgehead atoms. The van der Waals surface area contributed by atoms with Gasteiger partial charge in [-0.15, -0.1) is 0 Å². The largest absolute Gasteiger partial charge is 0.454 e. The molecular formula is C25H20FN5O3. The second kappa shape index (κ2) is 10.2. The molecule has 0 aliphatic heterocycles. The van der Waals surface area contributed by atoms with Crippen molar-refractivity contribution in [2.24, 2.45) is 5.73 Å². The second-order valence-corrected chi connectivity index (χ2v) is 7.18. The van der Waals surface area contributed by atoms with E-state index in [0.29, 0.717) is 17.8 Å². The average molecular weight is 457 g/mol. The van der Waals surface area contributed by atoms with E-state index in [1.165, 1.54) is 36.7 Å². The van der Waals surface area contributed by atoms with Crippen LogP contribution in [0.3, 0.4) is 0 Å². The van der Waals surface area contributed by atoms with Gasteiger partial charge in [0.2, 0.25) is 0 Å². The number of ether oxygens (including phenoxy) is 1. The first kappa shape index (κ1) is 22.4. The fourth-order valence-electron chi connectivity index (χ4n) is 3.10. The zero-order valence-corrected chi connectivity index (χ0v) is 17.9. The molecule has 0 aliphatic carbocycles. The number of anilines is 2. The summed E-state index contributed by atoms with van der Waals surface area (Å²) in [5, 5.41) is 5.82. The second-order valence-electron chi connectivity index (χ2n) is 7.18. The van der Waals surface area contributed by atoms with Crippen LogP contribution >= 0.6 is 0 Å². The van der Waals surface area contributed by atoms with Gasteiger partial charge in [0, 0.05) is 36.8 Å². The van der Waals surface area contributed by atoms with Crippen LogP contribution in [0, 0.1) is 5.82 Å². The van der Waals surface area contributed by atoms with Gasteiger partial charge in [0.1, 0.15) is 17.3 Å². The maximum Gasteiger partial charge on any atom is 0.267 e. The SMILES string of the molecule is NC(=O)c1cc(Oc2ccc(Nc3ncccc3C(=O)NCc3ccccc3)cc2F)ccn1. The van der Waals surface area contributed by atoms with Crippen LogP contribution in [0.5, 0.6) is 11.5 Å². The monoisotopic (exact) mass is 457 g/mol. The number of benzene rings is 2. The van der Waals surface area contributed by atoms with E-state index in [-0.39, 0.29) is 28.9 Å². The van der Waals surface area contributed by atoms with Crippen molar-refractivity contribution in [3.63, 3.8) is 0 Å². The molecule has 2 amide bonds. The number of carbonyl (C=O) groups is 2. The Bertz CT molecular complexity index is 1330. The molecule has 170 valence electrons. The fourth-order valence-corrected chi connectivity index (χ4v) is 3.10. The molecule has 0 atom stereocenters. The number of aromatic nitrogens is 2. The number of hydrogen-bond donors (Lipinski definition) is 3. The molecule has 2 aromatic heterocycles. The van der Waals surface area contributed by atoms with Crippen molar-refractivity contribution in [2.45, 2.75) is 6.54 Å². The topological polar surface area (TPSA) is 119 Å². The lowest BCUT2D eigenvalue weighted by atomic mass is 10.2. The third-order valence-corrected chi connectivity index (χ3v) is 4.75. The van der Waals surface area contributed by atoms with Gasteiger partial charge in [0.25, 0.3) is 11.8 Å². The number of nitrogens with one attached hydrogen (secondary N) is 2. The van der Waals surface area contributed by atoms with E-state index >= 15 is 0 Å². The Balaban J connectivity index is 1.47. The van der Waals surface area contributed by atoms with Crippen LogP contribution < -0.4 is 21.1 Å². The number of rotatable bonds is 8. The number of pyridine rings is 2. The van der Waals surface area contributed by atoms with E-state index < -0.39 is 11.7 Å². The van der Waals surface area contributed by atoms with Crippen LogP contribution in [0.25, 0.3) is 0 Å². The number of halogens is 1. The van der Waals surface area contributed by atoms with Gasteiger partial charge in [-0.25, -0.2) is 9.37 Å². The minimum absolute atomic E-state index is 0.00409. The van der Waals surface area contributed by atoms with Gasteiger partial charge in [-0.2, -0.15) is 0 Å². The summed E-state index contributed by atoms with van der Waals surface area (Å²) in [4.78, 5) is 32.0. The first-order valence-corrected chi connectivity index (χ1v) is 10.3. The van der Waals surface area contributed by atoms with Gasteiger partial charge in [-0.05, 0) is 35.9 Å². The van der Waals surface area contributed by atoms with E-state index in [1.807, 2.05) is 30.3 Å². The molecule has 0 saturated heterocycles. The third-order valence-electron chi connectivity index (χ3n) is 4.75. The van der Waals surface area contributed by atoms with Gasteiger partial charge in [0.15, 0.2) is 11.6 Å². The van der Waals surface area contributed by atoms with Crippen molar-refractivity contribution < 1.29 is 18.7 Å². The van der Waals surface area contributed by atoms with Gasteiger partial charge in [0.05, 0.1) is 5.56 Å². The van der Waals surface area contributed by atoms with Gasteiger partial charge < -0.3 is 21.1 Å². The number of carbonyl (C=O) groups excluding carboxylic acids is 2. The molecule has 0 fully saturated rings. The molecule has 8 nitrogen and oxygen atoms in total. The molecule has 4 rings (SSSR count). The Morgan fingerprint density at radius 3 is 2.53 bits per heavy atom. The van der Waals surface area contributed by atoms with E-state index in [4.69, 9.17) is 10.5 Å². The predicted molar refractivity (Wildman–Crippen MR) is 124 cm³/mol. The smallest absolute Gasteiger partial charge is 0.267 e. The van der Waals surface area contributed by atoms with Crippen LogP contribution in [0.15, 0.2) is 85.2 Å². The zero-order valence-electron chi connectivity index (χ0n) is 17.9. The highest BCUT2D eigenvalue weighted by atomic mass is 19.1. The summed E-state index contributed by atoms with van der Waals surface area (Å²) < 4.78 is 20.2. The quantitative estimate of drug-likeness (QED) is 0.365. The Labute approximate surface area is 194 Å². The summed E-state index contributed by atoms with van der Waals surface area (Å²) in [5.41, 5.74) is 6.86. The van der Waals surface area contributed by atoms with Crippen LogP contribution in [0.4, 0.5) is 15.9 Å². The van der Waals surface area contributed by atoms with E-state index in [2.05, 4.69) is 20.6 Å². The van der Waals surface area contributed by atoms with Crippen molar-refractivity contribution in [3.8, 4) is 11.5 Å². The highest BCUT2D eigenvalue weighted by Gasteiger charge is 2.14. The lowest BCUT2D eigenvalue weighted by Gasteiger charge is -2.13. The molecule has 0 radical (unpaired) electrons. The molecule has 4 aromatic rings.